The standard InChI is InChI=1S/As.6FH.Na/h;6*1H;/q+5;;;;;;;+1/p-6. The minimum atomic E-state index is 0. The Hall–Kier alpha value is 1.14. The quantitative estimate of drug-likeness (QED) is 0.276. The van der Waals surface area contributed by atoms with Gasteiger partial charge in [-0.2, -0.15) is 0 Å². The van der Waals surface area contributed by atoms with Gasteiger partial charge in [-0.15, -0.1) is 0 Å². The molecule has 0 aliphatic rings. The largest absolute Gasteiger partial charge is 5.00 e. The summed E-state index contributed by atoms with van der Waals surface area (Å²) in [6.45, 7) is 0. The van der Waals surface area contributed by atoms with E-state index in [0.29, 0.717) is 0 Å². The summed E-state index contributed by atoms with van der Waals surface area (Å²) >= 11 is 0. The van der Waals surface area contributed by atoms with Crippen molar-refractivity contribution in [3.8, 4) is 0 Å². The van der Waals surface area contributed by atoms with Crippen LogP contribution in [-0.4, -0.2) is 18.0 Å². The third-order valence-corrected chi connectivity index (χ3v) is 0. The van der Waals surface area contributed by atoms with E-state index in [2.05, 4.69) is 0 Å². The van der Waals surface area contributed by atoms with Gasteiger partial charge in [0.1, 0.15) is 0 Å². The van der Waals surface area contributed by atoms with Crippen LogP contribution < -0.4 is 57.8 Å². The van der Waals surface area contributed by atoms with Crippen LogP contribution >= 0.6 is 0 Å². The Morgan fingerprint density at radius 1 is 0.375 bits per heavy atom. The molecule has 0 aliphatic heterocycles. The van der Waals surface area contributed by atoms with Crippen LogP contribution in [0.15, 0.2) is 0 Å². The summed E-state index contributed by atoms with van der Waals surface area (Å²) in [5, 5.41) is 0. The second-order valence-corrected chi connectivity index (χ2v) is 0. The van der Waals surface area contributed by atoms with Crippen molar-refractivity contribution in [3.05, 3.63) is 0 Å². The number of hydrogen-bond acceptors (Lipinski definition) is 0. The smallest absolute Gasteiger partial charge is 1.00 e. The van der Waals surface area contributed by atoms with Crippen LogP contribution in [0.1, 0.15) is 0 Å². The van der Waals surface area contributed by atoms with E-state index in [1.54, 1.807) is 0 Å². The van der Waals surface area contributed by atoms with Crippen molar-refractivity contribution < 1.29 is 57.8 Å². The van der Waals surface area contributed by atoms with Gasteiger partial charge in [-0.3, -0.25) is 0 Å². The predicted molar refractivity (Wildman–Crippen MR) is 5.75 cm³/mol. The van der Waals surface area contributed by atoms with Crippen molar-refractivity contribution in [1.29, 1.82) is 0 Å². The molecule has 0 unspecified atom stereocenters. The van der Waals surface area contributed by atoms with E-state index in [4.69, 9.17) is 0 Å². The molecular formula is AsF6Na. The monoisotopic (exact) mass is 212 g/mol. The van der Waals surface area contributed by atoms with Crippen LogP contribution in [-0.2, 0) is 0 Å². The molecule has 8 heteroatoms. The average Bonchev–Trinajstić information content (AvgIpc) is 0. The van der Waals surface area contributed by atoms with E-state index >= 15 is 0 Å². The molecule has 0 amide bonds. The second-order valence-electron chi connectivity index (χ2n) is 0. The Labute approximate surface area is 75.6 Å². The van der Waals surface area contributed by atoms with Crippen LogP contribution in [0.4, 0.5) is 0 Å². The number of rotatable bonds is 0. The first-order valence-electron chi connectivity index (χ1n) is 0. The fourth-order valence-corrected chi connectivity index (χ4v) is 0. The van der Waals surface area contributed by atoms with E-state index < -0.39 is 0 Å². The Kier molecular flexibility index (Phi) is 18700. The molecular weight excluding hydrogens is 212 g/mol. The molecule has 0 fully saturated rings. The molecule has 8 heavy (non-hydrogen) atoms. The summed E-state index contributed by atoms with van der Waals surface area (Å²) in [7, 11) is 0. The molecule has 0 spiro atoms. The first-order chi connectivity index (χ1) is 0. The molecule has 0 aliphatic carbocycles. The molecule has 0 aromatic rings. The first-order valence-corrected chi connectivity index (χ1v) is 0. The van der Waals surface area contributed by atoms with Crippen molar-refractivity contribution in [2.75, 3.05) is 0 Å². The molecule has 0 rings (SSSR count). The molecule has 0 aromatic heterocycles. The third-order valence-electron chi connectivity index (χ3n) is 0. The van der Waals surface area contributed by atoms with E-state index in [1.807, 2.05) is 0 Å². The molecule has 0 bridgehead atoms. The van der Waals surface area contributed by atoms with Crippen LogP contribution in [0.2, 0.25) is 0 Å². The van der Waals surface area contributed by atoms with Gasteiger partial charge < -0.3 is 28.2 Å². The maximum absolute atomic E-state index is 0. The van der Waals surface area contributed by atoms with Gasteiger partial charge in [-0.25, -0.2) is 0 Å². The number of halogens is 6. The maximum atomic E-state index is 0. The average molecular weight is 212 g/mol. The maximum Gasteiger partial charge on any atom is 5.00 e. The normalized spacial score (nSPS) is 0. The summed E-state index contributed by atoms with van der Waals surface area (Å²) in [4.78, 5) is 0. The summed E-state index contributed by atoms with van der Waals surface area (Å²) in [6, 6.07) is 0. The molecule has 0 nitrogen and oxygen atoms in total. The predicted octanol–water partition coefficient (Wildman–Crippen LogP) is -21.4. The van der Waals surface area contributed by atoms with Crippen molar-refractivity contribution in [1.82, 2.24) is 0 Å². The zero-order valence-electron chi connectivity index (χ0n) is 3.72. The molecule has 0 aromatic carbocycles. The van der Waals surface area contributed by atoms with Crippen LogP contribution in [0, 0.1) is 0 Å². The minimum Gasteiger partial charge on any atom is -1.00 e. The minimum absolute atomic E-state index is 0. The van der Waals surface area contributed by atoms with Crippen molar-refractivity contribution >= 4 is 18.0 Å². The van der Waals surface area contributed by atoms with E-state index in [9.17, 15) is 0 Å². The Morgan fingerprint density at radius 3 is 0.375 bits per heavy atom. The third kappa shape index (κ3) is 208. The van der Waals surface area contributed by atoms with Crippen LogP contribution in [0.3, 0.4) is 0 Å². The molecule has 0 saturated carbocycles. The van der Waals surface area contributed by atoms with Crippen molar-refractivity contribution in [2.24, 2.45) is 0 Å². The van der Waals surface area contributed by atoms with Gasteiger partial charge in [0.2, 0.25) is 0 Å². The van der Waals surface area contributed by atoms with Gasteiger partial charge >= 0.3 is 47.5 Å². The van der Waals surface area contributed by atoms with Gasteiger partial charge in [0.05, 0.1) is 0 Å². The van der Waals surface area contributed by atoms with E-state index in [0.717, 1.165) is 0 Å². The fraction of sp³-hybridized carbons (Fsp3) is 0. The van der Waals surface area contributed by atoms with E-state index in [-0.39, 0.29) is 75.7 Å². The Morgan fingerprint density at radius 2 is 0.375 bits per heavy atom. The second kappa shape index (κ2) is 320. The zero-order chi connectivity index (χ0) is 0. The molecule has 48 valence electrons. The van der Waals surface area contributed by atoms with Crippen molar-refractivity contribution in [3.63, 3.8) is 0 Å². The van der Waals surface area contributed by atoms with Gasteiger partial charge in [0, 0.05) is 0 Å². The summed E-state index contributed by atoms with van der Waals surface area (Å²) in [6.07, 6.45) is 0. The molecule has 0 saturated heterocycles. The summed E-state index contributed by atoms with van der Waals surface area (Å²) < 4.78 is 0. The Balaban J connectivity index is 0. The van der Waals surface area contributed by atoms with Crippen molar-refractivity contribution in [2.45, 2.75) is 0 Å². The Bertz CT molecular complexity index is 8.49. The molecule has 0 heterocycles. The summed E-state index contributed by atoms with van der Waals surface area (Å²) in [5.74, 6) is 0. The molecule has 0 N–H and O–H groups in total. The first kappa shape index (κ1) is 467. The SMILES string of the molecule is [As+5].[F-].[F-].[F-].[F-].[F-].[F-].[Na+]. The fourth-order valence-electron chi connectivity index (χ4n) is 0. The zero-order valence-corrected chi connectivity index (χ0v) is 7.59. The van der Waals surface area contributed by atoms with Crippen LogP contribution in [0.5, 0.6) is 0 Å². The topological polar surface area (TPSA) is 0 Å². The number of hydrogen-bond donors (Lipinski definition) is 0. The van der Waals surface area contributed by atoms with Gasteiger partial charge in [0.25, 0.3) is 0 Å². The van der Waals surface area contributed by atoms with Crippen LogP contribution in [0.25, 0.3) is 0 Å². The van der Waals surface area contributed by atoms with Gasteiger partial charge in [-0.1, -0.05) is 0 Å². The molecule has 0 atom stereocenters. The van der Waals surface area contributed by atoms with E-state index in [1.165, 1.54) is 0 Å². The van der Waals surface area contributed by atoms with Gasteiger partial charge in [-0.05, 0) is 0 Å². The summed E-state index contributed by atoms with van der Waals surface area (Å²) in [5.41, 5.74) is 0. The van der Waals surface area contributed by atoms with Gasteiger partial charge in [0.15, 0.2) is 0 Å². The molecule has 0 radical (unpaired) electrons.